The zero-order valence-electron chi connectivity index (χ0n) is 19.9. The van der Waals surface area contributed by atoms with Gasteiger partial charge in [0.15, 0.2) is 0 Å². The van der Waals surface area contributed by atoms with Crippen LogP contribution in [0.2, 0.25) is 5.02 Å². The Hall–Kier alpha value is -4.26. The maximum Gasteiger partial charge on any atom is 0.256 e. The fraction of sp³-hybridized carbons (Fsp3) is 0.192. The van der Waals surface area contributed by atoms with E-state index in [1.54, 1.807) is 37.3 Å². The van der Waals surface area contributed by atoms with Crippen LogP contribution < -0.4 is 10.1 Å². The lowest BCUT2D eigenvalue weighted by Gasteiger charge is -2.12. The van der Waals surface area contributed by atoms with Crippen LogP contribution in [-0.4, -0.2) is 53.2 Å². The van der Waals surface area contributed by atoms with Crippen LogP contribution in [0.5, 0.6) is 5.88 Å². The number of carbonyl (C=O) groups is 1. The summed E-state index contributed by atoms with van der Waals surface area (Å²) in [7, 11) is 3.84. The van der Waals surface area contributed by atoms with Crippen molar-refractivity contribution < 1.29 is 14.1 Å². The second kappa shape index (κ2) is 11.0. The second-order valence-corrected chi connectivity index (χ2v) is 8.58. The molecule has 2 aromatic carbocycles. The van der Waals surface area contributed by atoms with Crippen LogP contribution in [-0.2, 0) is 0 Å². The molecule has 0 spiro atoms. The molecule has 10 heteroatoms. The number of benzene rings is 2. The number of nitriles is 1. The fourth-order valence-electron chi connectivity index (χ4n) is 3.32. The maximum atomic E-state index is 12.8. The van der Waals surface area contributed by atoms with E-state index in [0.717, 1.165) is 16.7 Å². The average Bonchev–Trinajstić information content (AvgIpc) is 3.30. The third-order valence-corrected chi connectivity index (χ3v) is 5.53. The van der Waals surface area contributed by atoms with Gasteiger partial charge in [0.05, 0.1) is 0 Å². The minimum atomic E-state index is -0.341. The van der Waals surface area contributed by atoms with Gasteiger partial charge in [-0.3, -0.25) is 4.79 Å². The molecule has 1 amide bonds. The molecule has 0 aliphatic carbocycles. The second-order valence-electron chi connectivity index (χ2n) is 8.18. The first-order valence-corrected chi connectivity index (χ1v) is 11.4. The van der Waals surface area contributed by atoms with Crippen LogP contribution in [0, 0.1) is 18.3 Å². The summed E-state index contributed by atoms with van der Waals surface area (Å²) in [5, 5.41) is 16.5. The standard InChI is InChI=1S/C26H23ClN6O3/c1-16-29-24(32-36-16)19-8-10-21(22(27)14-19)17-4-6-18(7-5-17)25(34)30-23-11-9-20(15-28)26(31-23)35-13-12-33(2)3/h4-11,14H,12-13H2,1-3H3,(H,30,31,34). The molecule has 2 aromatic heterocycles. The zero-order valence-corrected chi connectivity index (χ0v) is 20.7. The molecule has 0 radical (unpaired) electrons. The molecule has 0 aliphatic rings. The molecule has 0 atom stereocenters. The van der Waals surface area contributed by atoms with Crippen molar-refractivity contribution in [2.24, 2.45) is 0 Å². The first kappa shape index (κ1) is 24.9. The predicted molar refractivity (Wildman–Crippen MR) is 136 cm³/mol. The van der Waals surface area contributed by atoms with Crippen molar-refractivity contribution in [3.8, 4) is 34.5 Å². The van der Waals surface area contributed by atoms with Crippen LogP contribution in [0.1, 0.15) is 21.8 Å². The van der Waals surface area contributed by atoms with Crippen molar-refractivity contribution in [3.63, 3.8) is 0 Å². The topological polar surface area (TPSA) is 117 Å². The normalized spacial score (nSPS) is 10.8. The number of halogens is 1. The molecule has 36 heavy (non-hydrogen) atoms. The molecule has 2 heterocycles. The van der Waals surface area contributed by atoms with Gasteiger partial charge in [-0.25, -0.2) is 0 Å². The van der Waals surface area contributed by atoms with Crippen molar-refractivity contribution in [1.29, 1.82) is 5.26 Å². The SMILES string of the molecule is Cc1nc(-c2ccc(-c3ccc(C(=O)Nc4ccc(C#N)c(OCCN(C)C)n4)cc3)c(Cl)c2)no1. The number of ether oxygens (including phenoxy) is 1. The molecular weight excluding hydrogens is 480 g/mol. The molecule has 0 aliphatic heterocycles. The predicted octanol–water partition coefficient (Wildman–Crippen LogP) is 4.82. The number of nitrogens with one attached hydrogen (secondary N) is 1. The van der Waals surface area contributed by atoms with E-state index >= 15 is 0 Å². The molecular formula is C26H23ClN6O3. The number of aromatic nitrogens is 3. The fourth-order valence-corrected chi connectivity index (χ4v) is 3.61. The number of hydrogen-bond acceptors (Lipinski definition) is 8. The van der Waals surface area contributed by atoms with Crippen LogP contribution in [0.4, 0.5) is 5.82 Å². The van der Waals surface area contributed by atoms with Crippen molar-refractivity contribution >= 4 is 23.3 Å². The van der Waals surface area contributed by atoms with E-state index in [2.05, 4.69) is 20.4 Å². The van der Waals surface area contributed by atoms with Gasteiger partial charge in [0, 0.05) is 35.2 Å². The van der Waals surface area contributed by atoms with Gasteiger partial charge in [-0.1, -0.05) is 41.0 Å². The summed E-state index contributed by atoms with van der Waals surface area (Å²) in [5.41, 5.74) is 3.14. The van der Waals surface area contributed by atoms with Crippen LogP contribution in [0.15, 0.2) is 59.1 Å². The molecule has 182 valence electrons. The Kier molecular flexibility index (Phi) is 7.59. The van der Waals surface area contributed by atoms with Crippen molar-refractivity contribution in [3.05, 3.63) is 76.6 Å². The van der Waals surface area contributed by atoms with E-state index in [0.29, 0.717) is 46.8 Å². The van der Waals surface area contributed by atoms with E-state index < -0.39 is 0 Å². The molecule has 9 nitrogen and oxygen atoms in total. The van der Waals surface area contributed by atoms with Crippen molar-refractivity contribution in [2.45, 2.75) is 6.92 Å². The Bertz CT molecular complexity index is 1430. The Balaban J connectivity index is 1.46. The molecule has 0 saturated carbocycles. The Morgan fingerprint density at radius 2 is 1.86 bits per heavy atom. The number of anilines is 1. The number of amides is 1. The largest absolute Gasteiger partial charge is 0.475 e. The van der Waals surface area contributed by atoms with E-state index in [-0.39, 0.29) is 11.8 Å². The van der Waals surface area contributed by atoms with Crippen molar-refractivity contribution in [1.82, 2.24) is 20.0 Å². The minimum Gasteiger partial charge on any atom is -0.475 e. The third-order valence-electron chi connectivity index (χ3n) is 5.21. The summed E-state index contributed by atoms with van der Waals surface area (Å²) in [6.45, 7) is 2.76. The molecule has 0 unspecified atom stereocenters. The highest BCUT2D eigenvalue weighted by atomic mass is 35.5. The van der Waals surface area contributed by atoms with Crippen LogP contribution in [0.3, 0.4) is 0 Å². The summed E-state index contributed by atoms with van der Waals surface area (Å²) in [6.07, 6.45) is 0. The number of rotatable bonds is 8. The summed E-state index contributed by atoms with van der Waals surface area (Å²) in [4.78, 5) is 23.2. The summed E-state index contributed by atoms with van der Waals surface area (Å²) in [6, 6.07) is 17.7. The van der Waals surface area contributed by atoms with Gasteiger partial charge in [-0.05, 0) is 50.0 Å². The van der Waals surface area contributed by atoms with E-state index in [9.17, 15) is 10.1 Å². The first-order valence-electron chi connectivity index (χ1n) is 11.0. The lowest BCUT2D eigenvalue weighted by Crippen LogP contribution is -2.20. The Morgan fingerprint density at radius 3 is 2.50 bits per heavy atom. The van der Waals surface area contributed by atoms with E-state index in [1.807, 2.05) is 49.3 Å². The zero-order chi connectivity index (χ0) is 25.7. The first-order chi connectivity index (χ1) is 17.3. The lowest BCUT2D eigenvalue weighted by atomic mass is 10.0. The highest BCUT2D eigenvalue weighted by molar-refractivity contribution is 6.33. The Morgan fingerprint density at radius 1 is 1.11 bits per heavy atom. The minimum absolute atomic E-state index is 0.182. The highest BCUT2D eigenvalue weighted by Crippen LogP contribution is 2.31. The molecule has 4 aromatic rings. The number of carbonyl (C=O) groups excluding carboxylic acids is 1. The summed E-state index contributed by atoms with van der Waals surface area (Å²) < 4.78 is 10.7. The van der Waals surface area contributed by atoms with Gasteiger partial charge in [0.1, 0.15) is 24.1 Å². The number of pyridine rings is 1. The smallest absolute Gasteiger partial charge is 0.256 e. The molecule has 0 fully saturated rings. The number of hydrogen-bond donors (Lipinski definition) is 1. The van der Waals surface area contributed by atoms with Gasteiger partial charge >= 0.3 is 0 Å². The summed E-state index contributed by atoms with van der Waals surface area (Å²) >= 11 is 6.51. The lowest BCUT2D eigenvalue weighted by molar-refractivity contribution is 0.102. The average molecular weight is 503 g/mol. The van der Waals surface area contributed by atoms with Gasteiger partial charge in [0.2, 0.25) is 17.6 Å². The number of aryl methyl sites for hydroxylation is 1. The van der Waals surface area contributed by atoms with Gasteiger partial charge in [-0.2, -0.15) is 15.2 Å². The van der Waals surface area contributed by atoms with Gasteiger partial charge in [0.25, 0.3) is 5.91 Å². The molecule has 0 bridgehead atoms. The highest BCUT2D eigenvalue weighted by Gasteiger charge is 2.13. The molecule has 0 saturated heterocycles. The monoisotopic (exact) mass is 502 g/mol. The van der Waals surface area contributed by atoms with Crippen LogP contribution >= 0.6 is 11.6 Å². The summed E-state index contributed by atoms with van der Waals surface area (Å²) in [5.74, 6) is 1.07. The Labute approximate surface area is 213 Å². The van der Waals surface area contributed by atoms with Gasteiger partial charge in [-0.15, -0.1) is 0 Å². The van der Waals surface area contributed by atoms with Gasteiger partial charge < -0.3 is 19.5 Å². The number of nitrogens with zero attached hydrogens (tertiary/aromatic N) is 5. The van der Waals surface area contributed by atoms with E-state index in [4.69, 9.17) is 20.9 Å². The maximum absolute atomic E-state index is 12.8. The molecule has 4 rings (SSSR count). The quantitative estimate of drug-likeness (QED) is 0.364. The third kappa shape index (κ3) is 5.86. The van der Waals surface area contributed by atoms with Crippen LogP contribution in [0.25, 0.3) is 22.5 Å². The van der Waals surface area contributed by atoms with E-state index in [1.165, 1.54) is 0 Å². The number of likely N-dealkylation sites (N-methyl/N-ethyl adjacent to an activating group) is 1. The molecule has 1 N–H and O–H groups in total. The van der Waals surface area contributed by atoms with Crippen molar-refractivity contribution in [2.75, 3.05) is 32.6 Å².